The maximum Gasteiger partial charge on any atom is 0.279 e. The highest BCUT2D eigenvalue weighted by molar-refractivity contribution is 7.18. The topological polar surface area (TPSA) is 63.9 Å². The number of likely N-dealkylation sites (tertiary alicyclic amines) is 1. The highest BCUT2D eigenvalue weighted by Crippen LogP contribution is 2.30. The van der Waals surface area contributed by atoms with Crippen molar-refractivity contribution in [3.05, 3.63) is 70.0 Å². The van der Waals surface area contributed by atoms with E-state index in [9.17, 15) is 9.59 Å². The van der Waals surface area contributed by atoms with Crippen molar-refractivity contribution in [3.8, 4) is 11.1 Å². The predicted molar refractivity (Wildman–Crippen MR) is 118 cm³/mol. The van der Waals surface area contributed by atoms with E-state index in [-0.39, 0.29) is 17.5 Å². The van der Waals surface area contributed by atoms with Crippen LogP contribution in [-0.4, -0.2) is 46.7 Å². The van der Waals surface area contributed by atoms with Gasteiger partial charge < -0.3 is 9.64 Å². The first-order valence-electron chi connectivity index (χ1n) is 9.96. The van der Waals surface area contributed by atoms with E-state index >= 15 is 0 Å². The van der Waals surface area contributed by atoms with Crippen LogP contribution in [0.25, 0.3) is 26.7 Å². The van der Waals surface area contributed by atoms with Crippen LogP contribution in [0.3, 0.4) is 0 Å². The number of thiophene rings is 1. The number of carbonyl (C=O) groups excluding carboxylic acids is 1. The summed E-state index contributed by atoms with van der Waals surface area (Å²) in [4.78, 5) is 28.9. The number of fused-ring (bicyclic) bond motifs is 3. The highest BCUT2D eigenvalue weighted by Gasteiger charge is 2.31. The van der Waals surface area contributed by atoms with Crippen molar-refractivity contribution in [2.24, 2.45) is 0 Å². The first kappa shape index (κ1) is 19.0. The van der Waals surface area contributed by atoms with Gasteiger partial charge in [-0.3, -0.25) is 9.59 Å². The molecule has 152 valence electrons. The first-order valence-corrected chi connectivity index (χ1v) is 10.8. The lowest BCUT2D eigenvalue weighted by molar-refractivity contribution is 0.0632. The normalized spacial score (nSPS) is 16.6. The molecule has 1 fully saturated rings. The average Bonchev–Trinajstić information content (AvgIpc) is 3.44. The SMILES string of the molecule is COC[C@H]1CCCN1C(=O)c1cc(-c2ccccc2)c(=O)n2ncc3ccsc3c12. The van der Waals surface area contributed by atoms with E-state index < -0.39 is 0 Å². The number of ether oxygens (including phenoxy) is 1. The Morgan fingerprint density at radius 1 is 1.27 bits per heavy atom. The minimum absolute atomic E-state index is 0.0464. The van der Waals surface area contributed by atoms with E-state index in [1.807, 2.05) is 46.7 Å². The summed E-state index contributed by atoms with van der Waals surface area (Å²) >= 11 is 1.52. The lowest BCUT2D eigenvalue weighted by Crippen LogP contribution is -2.38. The number of pyridine rings is 1. The van der Waals surface area contributed by atoms with Crippen molar-refractivity contribution >= 4 is 32.8 Å². The quantitative estimate of drug-likeness (QED) is 0.504. The number of methoxy groups -OCH3 is 1. The average molecular weight is 420 g/mol. The molecule has 0 N–H and O–H groups in total. The molecule has 1 aliphatic rings. The van der Waals surface area contributed by atoms with Gasteiger partial charge in [-0.2, -0.15) is 9.61 Å². The molecular formula is C23H21N3O3S. The number of benzene rings is 1. The van der Waals surface area contributed by atoms with Crippen LogP contribution in [0.1, 0.15) is 23.2 Å². The molecular weight excluding hydrogens is 398 g/mol. The van der Waals surface area contributed by atoms with Crippen LogP contribution in [0.5, 0.6) is 0 Å². The van der Waals surface area contributed by atoms with Crippen molar-refractivity contribution in [3.63, 3.8) is 0 Å². The maximum absolute atomic E-state index is 13.7. The molecule has 6 nitrogen and oxygen atoms in total. The molecule has 1 amide bonds. The summed E-state index contributed by atoms with van der Waals surface area (Å²) in [5.41, 5.74) is 2.12. The van der Waals surface area contributed by atoms with Crippen LogP contribution in [0.4, 0.5) is 0 Å². The second kappa shape index (κ2) is 7.66. The van der Waals surface area contributed by atoms with E-state index in [0.29, 0.717) is 29.8 Å². The lowest BCUT2D eigenvalue weighted by atomic mass is 10.0. The Balaban J connectivity index is 1.78. The molecule has 0 aliphatic carbocycles. The highest BCUT2D eigenvalue weighted by atomic mass is 32.1. The van der Waals surface area contributed by atoms with Gasteiger partial charge in [0.2, 0.25) is 0 Å². The molecule has 5 rings (SSSR count). The molecule has 0 bridgehead atoms. The first-order chi connectivity index (χ1) is 14.7. The molecule has 7 heteroatoms. The zero-order valence-electron chi connectivity index (χ0n) is 16.6. The van der Waals surface area contributed by atoms with Gasteiger partial charge in [0.15, 0.2) is 0 Å². The van der Waals surface area contributed by atoms with Gasteiger partial charge in [0.05, 0.1) is 34.6 Å². The predicted octanol–water partition coefficient (Wildman–Crippen LogP) is 3.83. The zero-order chi connectivity index (χ0) is 20.7. The molecule has 30 heavy (non-hydrogen) atoms. The number of aromatic nitrogens is 2. The van der Waals surface area contributed by atoms with Gasteiger partial charge in [-0.25, -0.2) is 0 Å². The summed E-state index contributed by atoms with van der Waals surface area (Å²) in [7, 11) is 1.66. The number of hydrogen-bond acceptors (Lipinski definition) is 5. The fraction of sp³-hybridized carbons (Fsp3) is 0.261. The molecule has 1 aromatic carbocycles. The standard InChI is InChI=1S/C23H21N3O3S/c1-29-14-17-8-5-10-25(17)22(27)19-12-18(15-6-3-2-4-7-15)23(28)26-20(19)21-16(13-24-26)9-11-30-21/h2-4,6-7,9,11-13,17H,5,8,10,14H2,1H3/t17-/m1/s1. The van der Waals surface area contributed by atoms with Crippen LogP contribution < -0.4 is 5.56 Å². The van der Waals surface area contributed by atoms with Crippen LogP contribution in [0.2, 0.25) is 0 Å². The Morgan fingerprint density at radius 2 is 2.10 bits per heavy atom. The van der Waals surface area contributed by atoms with Crippen molar-refractivity contribution in [2.75, 3.05) is 20.3 Å². The molecule has 1 aliphatic heterocycles. The molecule has 0 spiro atoms. The summed E-state index contributed by atoms with van der Waals surface area (Å²) in [6.07, 6.45) is 3.55. The van der Waals surface area contributed by atoms with E-state index in [2.05, 4.69) is 5.10 Å². The molecule has 0 radical (unpaired) electrons. The van der Waals surface area contributed by atoms with Crippen molar-refractivity contribution < 1.29 is 9.53 Å². The minimum Gasteiger partial charge on any atom is -0.383 e. The van der Waals surface area contributed by atoms with E-state index in [0.717, 1.165) is 28.5 Å². The number of hydrogen-bond donors (Lipinski definition) is 0. The van der Waals surface area contributed by atoms with Gasteiger partial charge in [0, 0.05) is 24.6 Å². The molecule has 0 saturated carbocycles. The Hall–Kier alpha value is -3.03. The summed E-state index contributed by atoms with van der Waals surface area (Å²) in [6, 6.07) is 13.2. The van der Waals surface area contributed by atoms with Gasteiger partial charge >= 0.3 is 0 Å². The van der Waals surface area contributed by atoms with Gasteiger partial charge in [-0.15, -0.1) is 11.3 Å². The van der Waals surface area contributed by atoms with E-state index in [1.54, 1.807) is 19.4 Å². The smallest absolute Gasteiger partial charge is 0.279 e. The Labute approximate surface area is 177 Å². The Bertz CT molecular complexity index is 1300. The van der Waals surface area contributed by atoms with Crippen molar-refractivity contribution in [1.82, 2.24) is 14.5 Å². The van der Waals surface area contributed by atoms with Crippen LogP contribution in [-0.2, 0) is 4.74 Å². The minimum atomic E-state index is -0.224. The third-order valence-electron chi connectivity index (χ3n) is 5.71. The number of rotatable bonds is 4. The summed E-state index contributed by atoms with van der Waals surface area (Å²) < 4.78 is 7.62. The fourth-order valence-electron chi connectivity index (χ4n) is 4.28. The number of nitrogens with zero attached hydrogens (tertiary/aromatic N) is 3. The largest absolute Gasteiger partial charge is 0.383 e. The van der Waals surface area contributed by atoms with E-state index in [1.165, 1.54) is 15.9 Å². The number of amides is 1. The maximum atomic E-state index is 13.7. The summed E-state index contributed by atoms with van der Waals surface area (Å²) in [5, 5.41) is 7.29. The second-order valence-electron chi connectivity index (χ2n) is 7.50. The lowest BCUT2D eigenvalue weighted by Gasteiger charge is -2.25. The molecule has 1 atom stereocenters. The Morgan fingerprint density at radius 3 is 2.90 bits per heavy atom. The van der Waals surface area contributed by atoms with Gasteiger partial charge in [0.1, 0.15) is 0 Å². The summed E-state index contributed by atoms with van der Waals surface area (Å²) in [6.45, 7) is 1.20. The van der Waals surface area contributed by atoms with Crippen LogP contribution >= 0.6 is 11.3 Å². The van der Waals surface area contributed by atoms with Crippen molar-refractivity contribution in [2.45, 2.75) is 18.9 Å². The van der Waals surface area contributed by atoms with Gasteiger partial charge in [-0.1, -0.05) is 30.3 Å². The molecule has 0 unspecified atom stereocenters. The van der Waals surface area contributed by atoms with Crippen LogP contribution in [0, 0.1) is 0 Å². The summed E-state index contributed by atoms with van der Waals surface area (Å²) in [5.74, 6) is -0.0769. The number of carbonyl (C=O) groups is 1. The monoisotopic (exact) mass is 419 g/mol. The second-order valence-corrected chi connectivity index (χ2v) is 8.42. The van der Waals surface area contributed by atoms with Gasteiger partial charge in [-0.05, 0) is 35.9 Å². The fourth-order valence-corrected chi connectivity index (χ4v) is 5.19. The van der Waals surface area contributed by atoms with Crippen molar-refractivity contribution in [1.29, 1.82) is 0 Å². The molecule has 4 aromatic rings. The third-order valence-corrected chi connectivity index (χ3v) is 6.65. The van der Waals surface area contributed by atoms with Gasteiger partial charge in [0.25, 0.3) is 11.5 Å². The molecule has 3 aromatic heterocycles. The van der Waals surface area contributed by atoms with E-state index in [4.69, 9.17) is 4.74 Å². The Kier molecular flexibility index (Phi) is 4.84. The zero-order valence-corrected chi connectivity index (χ0v) is 17.4. The third kappa shape index (κ3) is 3.02. The molecule has 4 heterocycles. The van der Waals surface area contributed by atoms with Crippen LogP contribution in [0.15, 0.2) is 58.8 Å². The molecule has 1 saturated heterocycles.